The number of hydrogen-bond acceptors (Lipinski definition) is 6. The molecule has 3 saturated heterocycles. The Hall–Kier alpha value is -2.45. The SMILES string of the molecule is O=C1CCC(N2Cc3cc(O[C@@H]4CCCC[C@H]4N4CC(C5CCOC5)C4)ccc3C2=O)C(=O)N1. The summed E-state index contributed by atoms with van der Waals surface area (Å²) >= 11 is 0. The van der Waals surface area contributed by atoms with Gasteiger partial charge in [-0.05, 0) is 67.7 Å². The van der Waals surface area contributed by atoms with Crippen molar-refractivity contribution < 1.29 is 23.9 Å². The summed E-state index contributed by atoms with van der Waals surface area (Å²) in [6, 6.07) is 5.55. The number of ether oxygens (including phenoxy) is 2. The molecular weight excluding hydrogens is 434 g/mol. The van der Waals surface area contributed by atoms with Gasteiger partial charge in [-0.25, -0.2) is 0 Å². The molecule has 4 aliphatic heterocycles. The molecule has 1 aromatic carbocycles. The molecule has 8 nitrogen and oxygen atoms in total. The summed E-state index contributed by atoms with van der Waals surface area (Å²) in [5, 5.41) is 2.36. The molecule has 4 fully saturated rings. The third kappa shape index (κ3) is 4.01. The molecule has 3 amide bonds. The molecule has 34 heavy (non-hydrogen) atoms. The molecule has 4 atom stereocenters. The minimum absolute atomic E-state index is 0.144. The lowest BCUT2D eigenvalue weighted by atomic mass is 9.81. The average Bonchev–Trinajstić information content (AvgIpc) is 3.42. The van der Waals surface area contributed by atoms with Crippen molar-refractivity contribution in [2.45, 2.75) is 69.7 Å². The second-order valence-corrected chi connectivity index (χ2v) is 10.6. The van der Waals surface area contributed by atoms with E-state index in [4.69, 9.17) is 9.47 Å². The third-order valence-corrected chi connectivity index (χ3v) is 8.49. The van der Waals surface area contributed by atoms with Crippen molar-refractivity contribution >= 4 is 17.7 Å². The van der Waals surface area contributed by atoms with E-state index in [2.05, 4.69) is 10.2 Å². The van der Waals surface area contributed by atoms with Crippen LogP contribution in [0.15, 0.2) is 18.2 Å². The van der Waals surface area contributed by atoms with Crippen LogP contribution in [0, 0.1) is 11.8 Å². The van der Waals surface area contributed by atoms with Crippen molar-refractivity contribution in [1.82, 2.24) is 15.1 Å². The van der Waals surface area contributed by atoms with Crippen LogP contribution in [0.1, 0.15) is 60.9 Å². The summed E-state index contributed by atoms with van der Waals surface area (Å²) in [7, 11) is 0. The predicted molar refractivity (Wildman–Crippen MR) is 123 cm³/mol. The number of hydrogen-bond donors (Lipinski definition) is 1. The normalized spacial score (nSPS) is 32.5. The zero-order valence-electron chi connectivity index (χ0n) is 19.5. The minimum atomic E-state index is -0.589. The first kappa shape index (κ1) is 22.0. The van der Waals surface area contributed by atoms with E-state index in [1.807, 2.05) is 18.2 Å². The topological polar surface area (TPSA) is 88.2 Å². The summed E-state index contributed by atoms with van der Waals surface area (Å²) in [6.07, 6.45) is 6.66. The van der Waals surface area contributed by atoms with Crippen LogP contribution < -0.4 is 10.1 Å². The van der Waals surface area contributed by atoms with Gasteiger partial charge >= 0.3 is 0 Å². The zero-order valence-corrected chi connectivity index (χ0v) is 19.5. The van der Waals surface area contributed by atoms with E-state index >= 15 is 0 Å². The van der Waals surface area contributed by atoms with Crippen LogP contribution in [0.25, 0.3) is 0 Å². The fourth-order valence-corrected chi connectivity index (χ4v) is 6.47. The number of rotatable bonds is 5. The predicted octanol–water partition coefficient (Wildman–Crippen LogP) is 2.11. The quantitative estimate of drug-likeness (QED) is 0.668. The van der Waals surface area contributed by atoms with E-state index in [9.17, 15) is 14.4 Å². The number of fused-ring (bicyclic) bond motifs is 1. The van der Waals surface area contributed by atoms with Crippen LogP contribution in [0.4, 0.5) is 0 Å². The fraction of sp³-hybridized carbons (Fsp3) is 0.654. The van der Waals surface area contributed by atoms with Crippen LogP contribution in [-0.2, 0) is 20.9 Å². The molecule has 0 bridgehead atoms. The highest BCUT2D eigenvalue weighted by Crippen LogP contribution is 2.37. The monoisotopic (exact) mass is 467 g/mol. The zero-order chi connectivity index (χ0) is 23.2. The van der Waals surface area contributed by atoms with Crippen LogP contribution in [-0.4, -0.2) is 72.0 Å². The molecule has 0 spiro atoms. The maximum Gasteiger partial charge on any atom is 0.255 e. The Balaban J connectivity index is 1.11. The van der Waals surface area contributed by atoms with Gasteiger partial charge in [-0.2, -0.15) is 0 Å². The fourth-order valence-electron chi connectivity index (χ4n) is 6.47. The summed E-state index contributed by atoms with van der Waals surface area (Å²) in [5.41, 5.74) is 1.52. The van der Waals surface area contributed by atoms with Gasteiger partial charge in [-0.3, -0.25) is 24.6 Å². The van der Waals surface area contributed by atoms with Gasteiger partial charge in [0.2, 0.25) is 11.8 Å². The molecule has 1 saturated carbocycles. The number of likely N-dealkylation sites (tertiary alicyclic amines) is 1. The van der Waals surface area contributed by atoms with E-state index in [1.54, 1.807) is 4.90 Å². The molecule has 1 N–H and O–H groups in total. The van der Waals surface area contributed by atoms with Crippen molar-refractivity contribution in [3.05, 3.63) is 29.3 Å². The molecule has 1 aromatic rings. The van der Waals surface area contributed by atoms with Crippen LogP contribution in [0.3, 0.4) is 0 Å². The molecule has 2 unspecified atom stereocenters. The van der Waals surface area contributed by atoms with E-state index in [0.717, 1.165) is 55.9 Å². The van der Waals surface area contributed by atoms with E-state index in [-0.39, 0.29) is 30.2 Å². The highest BCUT2D eigenvalue weighted by atomic mass is 16.5. The molecule has 6 rings (SSSR count). The third-order valence-electron chi connectivity index (χ3n) is 8.49. The van der Waals surface area contributed by atoms with Gasteiger partial charge in [-0.1, -0.05) is 6.42 Å². The highest BCUT2D eigenvalue weighted by molar-refractivity contribution is 6.05. The summed E-state index contributed by atoms with van der Waals surface area (Å²) < 4.78 is 12.1. The lowest BCUT2D eigenvalue weighted by molar-refractivity contribution is -0.136. The summed E-state index contributed by atoms with van der Waals surface area (Å²) in [5.74, 6) is 1.49. The number of nitrogens with one attached hydrogen (secondary N) is 1. The Morgan fingerprint density at radius 3 is 2.65 bits per heavy atom. The number of amides is 3. The number of piperidine rings is 1. The molecular formula is C26H33N3O5. The Morgan fingerprint density at radius 1 is 1.00 bits per heavy atom. The van der Waals surface area contributed by atoms with Crippen molar-refractivity contribution in [3.63, 3.8) is 0 Å². The minimum Gasteiger partial charge on any atom is -0.489 e. The second-order valence-electron chi connectivity index (χ2n) is 10.6. The van der Waals surface area contributed by atoms with Crippen molar-refractivity contribution in [2.24, 2.45) is 11.8 Å². The number of carbonyl (C=O) groups excluding carboxylic acids is 3. The van der Waals surface area contributed by atoms with Crippen molar-refractivity contribution in [3.8, 4) is 5.75 Å². The van der Waals surface area contributed by atoms with Gasteiger partial charge in [-0.15, -0.1) is 0 Å². The van der Waals surface area contributed by atoms with Crippen LogP contribution >= 0.6 is 0 Å². The first-order valence-electron chi connectivity index (χ1n) is 12.8. The van der Waals surface area contributed by atoms with Gasteiger partial charge in [0.25, 0.3) is 5.91 Å². The summed E-state index contributed by atoms with van der Waals surface area (Å²) in [6.45, 7) is 4.52. The molecule has 1 aliphatic carbocycles. The Labute approximate surface area is 199 Å². The number of imide groups is 1. The molecule has 182 valence electrons. The number of benzene rings is 1. The number of carbonyl (C=O) groups is 3. The van der Waals surface area contributed by atoms with Gasteiger partial charge in [0.05, 0.1) is 0 Å². The molecule has 0 radical (unpaired) electrons. The lowest BCUT2D eigenvalue weighted by Crippen LogP contribution is -2.59. The van der Waals surface area contributed by atoms with Crippen LogP contribution in [0.5, 0.6) is 5.75 Å². The van der Waals surface area contributed by atoms with Crippen molar-refractivity contribution in [1.29, 1.82) is 0 Å². The van der Waals surface area contributed by atoms with Crippen molar-refractivity contribution in [2.75, 3.05) is 26.3 Å². The van der Waals surface area contributed by atoms with Gasteiger partial charge in [0, 0.05) is 50.9 Å². The van der Waals surface area contributed by atoms with E-state index < -0.39 is 6.04 Å². The maximum atomic E-state index is 13.0. The molecule has 5 aliphatic rings. The first-order valence-corrected chi connectivity index (χ1v) is 12.8. The smallest absolute Gasteiger partial charge is 0.255 e. The highest BCUT2D eigenvalue weighted by Gasteiger charge is 2.43. The second kappa shape index (κ2) is 8.96. The first-order chi connectivity index (χ1) is 16.6. The average molecular weight is 468 g/mol. The van der Waals surface area contributed by atoms with Gasteiger partial charge in [0.1, 0.15) is 17.9 Å². The maximum absolute atomic E-state index is 13.0. The van der Waals surface area contributed by atoms with Gasteiger partial charge in [0.15, 0.2) is 0 Å². The molecule has 0 aromatic heterocycles. The largest absolute Gasteiger partial charge is 0.489 e. The standard InChI is InChI=1S/C26H33N3O5/c30-24-8-7-22(25(31)27-24)29-14-17-11-19(5-6-20(17)26(29)32)34-23-4-2-1-3-21(23)28-12-18(13-28)16-9-10-33-15-16/h5-6,11,16,18,21-23H,1-4,7-10,12-15H2,(H,27,30,31)/t16?,21-,22?,23-/m1/s1. The Kier molecular flexibility index (Phi) is 5.81. The van der Waals surface area contributed by atoms with Gasteiger partial charge < -0.3 is 14.4 Å². The lowest BCUT2D eigenvalue weighted by Gasteiger charge is -2.50. The summed E-state index contributed by atoms with van der Waals surface area (Å²) in [4.78, 5) is 40.9. The Morgan fingerprint density at radius 2 is 1.85 bits per heavy atom. The Bertz CT molecular complexity index is 985. The number of nitrogens with zero attached hydrogens (tertiary/aromatic N) is 2. The molecule has 4 heterocycles. The van der Waals surface area contributed by atoms with E-state index in [0.29, 0.717) is 24.6 Å². The molecule has 8 heteroatoms. The van der Waals surface area contributed by atoms with E-state index in [1.165, 1.54) is 25.7 Å². The van der Waals surface area contributed by atoms with Crippen LogP contribution in [0.2, 0.25) is 0 Å².